The second-order valence-electron chi connectivity index (χ2n) is 4.65. The molecular formula is C16H18ClNO2S. The van der Waals surface area contributed by atoms with Crippen molar-refractivity contribution < 1.29 is 9.53 Å². The zero-order valence-electron chi connectivity index (χ0n) is 11.9. The highest BCUT2D eigenvalue weighted by Gasteiger charge is 2.09. The van der Waals surface area contributed by atoms with Gasteiger partial charge in [0.2, 0.25) is 0 Å². The van der Waals surface area contributed by atoms with Crippen molar-refractivity contribution in [3.63, 3.8) is 0 Å². The molecule has 1 heterocycles. The van der Waals surface area contributed by atoms with Crippen molar-refractivity contribution in [2.75, 3.05) is 6.54 Å². The van der Waals surface area contributed by atoms with E-state index in [4.69, 9.17) is 16.3 Å². The van der Waals surface area contributed by atoms with Gasteiger partial charge in [0.05, 0.1) is 9.90 Å². The van der Waals surface area contributed by atoms with Crippen LogP contribution in [-0.2, 0) is 6.61 Å². The first-order valence-electron chi connectivity index (χ1n) is 6.93. The highest BCUT2D eigenvalue weighted by atomic mass is 35.5. The van der Waals surface area contributed by atoms with E-state index in [0.717, 1.165) is 24.9 Å². The van der Waals surface area contributed by atoms with Gasteiger partial charge in [-0.15, -0.1) is 11.3 Å². The van der Waals surface area contributed by atoms with E-state index in [1.54, 1.807) is 6.07 Å². The summed E-state index contributed by atoms with van der Waals surface area (Å²) >= 11 is 7.46. The van der Waals surface area contributed by atoms with Gasteiger partial charge < -0.3 is 10.1 Å². The van der Waals surface area contributed by atoms with Crippen molar-refractivity contribution >= 4 is 28.8 Å². The molecule has 0 saturated heterocycles. The van der Waals surface area contributed by atoms with Crippen LogP contribution in [0.4, 0.5) is 0 Å². The molecule has 5 heteroatoms. The largest absolute Gasteiger partial charge is 0.487 e. The van der Waals surface area contributed by atoms with Crippen molar-refractivity contribution in [2.45, 2.75) is 26.4 Å². The molecule has 0 atom stereocenters. The van der Waals surface area contributed by atoms with Crippen molar-refractivity contribution in [2.24, 2.45) is 0 Å². The maximum absolute atomic E-state index is 11.9. The molecule has 0 unspecified atom stereocenters. The molecule has 1 aromatic carbocycles. The summed E-state index contributed by atoms with van der Waals surface area (Å²) in [5.41, 5.74) is 0.973. The zero-order valence-corrected chi connectivity index (χ0v) is 13.5. The summed E-state index contributed by atoms with van der Waals surface area (Å²) in [5.74, 6) is 0.636. The SMILES string of the molecule is CCCCNC(=O)c1cc(COc2ccccc2Cl)cs1. The topological polar surface area (TPSA) is 38.3 Å². The average Bonchev–Trinajstić information content (AvgIpc) is 2.95. The molecule has 0 fully saturated rings. The first kappa shape index (κ1) is 15.9. The van der Waals surface area contributed by atoms with Gasteiger partial charge in [0.25, 0.3) is 5.91 Å². The minimum Gasteiger partial charge on any atom is -0.487 e. The first-order valence-corrected chi connectivity index (χ1v) is 8.19. The predicted molar refractivity (Wildman–Crippen MR) is 87.3 cm³/mol. The monoisotopic (exact) mass is 323 g/mol. The summed E-state index contributed by atoms with van der Waals surface area (Å²) in [6.45, 7) is 3.22. The Hall–Kier alpha value is -1.52. The number of nitrogens with one attached hydrogen (secondary N) is 1. The van der Waals surface area contributed by atoms with E-state index in [0.29, 0.717) is 22.3 Å². The van der Waals surface area contributed by atoms with Crippen molar-refractivity contribution in [1.82, 2.24) is 5.32 Å². The number of para-hydroxylation sites is 1. The van der Waals surface area contributed by atoms with Crippen LogP contribution in [0, 0.1) is 0 Å². The van der Waals surface area contributed by atoms with Crippen LogP contribution >= 0.6 is 22.9 Å². The summed E-state index contributed by atoms with van der Waals surface area (Å²) in [6.07, 6.45) is 2.07. The Morgan fingerprint density at radius 3 is 2.95 bits per heavy atom. The Morgan fingerprint density at radius 2 is 2.19 bits per heavy atom. The van der Waals surface area contributed by atoms with Crippen LogP contribution < -0.4 is 10.1 Å². The number of hydrogen-bond donors (Lipinski definition) is 1. The summed E-state index contributed by atoms with van der Waals surface area (Å²) in [6, 6.07) is 9.22. The maximum Gasteiger partial charge on any atom is 0.261 e. The fraction of sp³-hybridized carbons (Fsp3) is 0.312. The number of unbranched alkanes of at least 4 members (excludes halogenated alkanes) is 1. The van der Waals surface area contributed by atoms with E-state index >= 15 is 0 Å². The van der Waals surface area contributed by atoms with E-state index in [-0.39, 0.29) is 5.91 Å². The number of halogens is 1. The molecule has 2 aromatic rings. The molecule has 112 valence electrons. The molecular weight excluding hydrogens is 306 g/mol. The van der Waals surface area contributed by atoms with Gasteiger partial charge in [-0.1, -0.05) is 37.1 Å². The molecule has 0 aliphatic carbocycles. The number of hydrogen-bond acceptors (Lipinski definition) is 3. The Balaban J connectivity index is 1.88. The van der Waals surface area contributed by atoms with Crippen molar-refractivity contribution in [3.05, 3.63) is 51.2 Å². The van der Waals surface area contributed by atoms with Crippen LogP contribution in [0.5, 0.6) is 5.75 Å². The summed E-state index contributed by atoms with van der Waals surface area (Å²) in [7, 11) is 0. The molecule has 1 N–H and O–H groups in total. The Kier molecular flexibility index (Phi) is 6.08. The molecule has 1 amide bonds. The molecule has 3 nitrogen and oxygen atoms in total. The van der Waals surface area contributed by atoms with E-state index in [9.17, 15) is 4.79 Å². The lowest BCUT2D eigenvalue weighted by Crippen LogP contribution is -2.23. The second kappa shape index (κ2) is 8.05. The third kappa shape index (κ3) is 4.76. The minimum atomic E-state index is -0.0163. The van der Waals surface area contributed by atoms with Crippen molar-refractivity contribution in [1.29, 1.82) is 0 Å². The standard InChI is InChI=1S/C16H18ClNO2S/c1-2-3-8-18-16(19)15-9-12(11-21-15)10-20-14-7-5-4-6-13(14)17/h4-7,9,11H,2-3,8,10H2,1H3,(H,18,19). The summed E-state index contributed by atoms with van der Waals surface area (Å²) < 4.78 is 5.66. The number of thiophene rings is 1. The smallest absolute Gasteiger partial charge is 0.261 e. The molecule has 0 aliphatic heterocycles. The number of carbonyl (C=O) groups is 1. The van der Waals surface area contributed by atoms with Gasteiger partial charge in [0.1, 0.15) is 12.4 Å². The fourth-order valence-electron chi connectivity index (χ4n) is 1.76. The van der Waals surface area contributed by atoms with Gasteiger partial charge in [-0.3, -0.25) is 4.79 Å². The molecule has 2 rings (SSSR count). The van der Waals surface area contributed by atoms with Crippen LogP contribution in [0.1, 0.15) is 35.0 Å². The third-order valence-corrected chi connectivity index (χ3v) is 4.21. The molecule has 0 saturated carbocycles. The normalized spacial score (nSPS) is 10.4. The van der Waals surface area contributed by atoms with Gasteiger partial charge in [0.15, 0.2) is 0 Å². The zero-order chi connectivity index (χ0) is 15.1. The number of amides is 1. The Morgan fingerprint density at radius 1 is 1.38 bits per heavy atom. The summed E-state index contributed by atoms with van der Waals surface area (Å²) in [5, 5.41) is 5.43. The Bertz CT molecular complexity index is 597. The molecule has 0 aliphatic rings. The molecule has 21 heavy (non-hydrogen) atoms. The number of ether oxygens (including phenoxy) is 1. The average molecular weight is 324 g/mol. The van der Waals surface area contributed by atoms with E-state index in [2.05, 4.69) is 12.2 Å². The number of carbonyl (C=O) groups excluding carboxylic acids is 1. The highest BCUT2D eigenvalue weighted by Crippen LogP contribution is 2.25. The second-order valence-corrected chi connectivity index (χ2v) is 5.97. The van der Waals surface area contributed by atoms with Crippen LogP contribution in [0.15, 0.2) is 35.7 Å². The molecule has 1 aromatic heterocycles. The molecule has 0 bridgehead atoms. The van der Waals surface area contributed by atoms with Gasteiger partial charge >= 0.3 is 0 Å². The van der Waals surface area contributed by atoms with Crippen LogP contribution in [0.25, 0.3) is 0 Å². The van der Waals surface area contributed by atoms with Gasteiger partial charge in [-0.05, 0) is 30.0 Å². The lowest BCUT2D eigenvalue weighted by Gasteiger charge is -2.06. The predicted octanol–water partition coefficient (Wildman–Crippen LogP) is 4.51. The van der Waals surface area contributed by atoms with Crippen LogP contribution in [0.2, 0.25) is 5.02 Å². The van der Waals surface area contributed by atoms with E-state index in [1.807, 2.05) is 29.6 Å². The van der Waals surface area contributed by atoms with Gasteiger partial charge in [-0.2, -0.15) is 0 Å². The Labute approximate surface area is 133 Å². The van der Waals surface area contributed by atoms with Gasteiger partial charge in [0, 0.05) is 12.1 Å². The lowest BCUT2D eigenvalue weighted by atomic mass is 10.3. The fourth-order valence-corrected chi connectivity index (χ4v) is 2.76. The molecule has 0 radical (unpaired) electrons. The van der Waals surface area contributed by atoms with Crippen LogP contribution in [-0.4, -0.2) is 12.5 Å². The third-order valence-electron chi connectivity index (χ3n) is 2.92. The van der Waals surface area contributed by atoms with E-state index in [1.165, 1.54) is 11.3 Å². The maximum atomic E-state index is 11.9. The molecule has 0 spiro atoms. The summed E-state index contributed by atoms with van der Waals surface area (Å²) in [4.78, 5) is 12.6. The quantitative estimate of drug-likeness (QED) is 0.761. The first-order chi connectivity index (χ1) is 10.2. The van der Waals surface area contributed by atoms with Crippen LogP contribution in [0.3, 0.4) is 0 Å². The number of rotatable bonds is 7. The van der Waals surface area contributed by atoms with E-state index < -0.39 is 0 Å². The van der Waals surface area contributed by atoms with Gasteiger partial charge in [-0.25, -0.2) is 0 Å². The van der Waals surface area contributed by atoms with Crippen molar-refractivity contribution in [3.8, 4) is 5.75 Å². The minimum absolute atomic E-state index is 0.0163. The highest BCUT2D eigenvalue weighted by molar-refractivity contribution is 7.12. The number of benzene rings is 1. The lowest BCUT2D eigenvalue weighted by molar-refractivity contribution is 0.0957.